The van der Waals surface area contributed by atoms with E-state index in [1.807, 2.05) is 0 Å². The third-order valence-electron chi connectivity index (χ3n) is 1.49. The van der Waals surface area contributed by atoms with E-state index in [1.165, 1.54) is 7.11 Å². The molecule has 0 aliphatic rings. The van der Waals surface area contributed by atoms with Gasteiger partial charge in [0.15, 0.2) is 10.6 Å². The van der Waals surface area contributed by atoms with E-state index < -0.39 is 5.97 Å². The van der Waals surface area contributed by atoms with Gasteiger partial charge in [0.2, 0.25) is 0 Å². The van der Waals surface area contributed by atoms with Crippen LogP contribution in [0, 0.1) is 0 Å². The summed E-state index contributed by atoms with van der Waals surface area (Å²) < 4.78 is 10.1. The van der Waals surface area contributed by atoms with Gasteiger partial charge in [-0.15, -0.1) is 11.3 Å². The van der Waals surface area contributed by atoms with Crippen LogP contribution in [0.2, 0.25) is 9.36 Å². The van der Waals surface area contributed by atoms with Crippen molar-refractivity contribution in [2.75, 3.05) is 13.7 Å². The fourth-order valence-corrected chi connectivity index (χ4v) is 2.29. The second-order valence-electron chi connectivity index (χ2n) is 2.44. The van der Waals surface area contributed by atoms with Crippen molar-refractivity contribution in [2.45, 2.75) is 0 Å². The van der Waals surface area contributed by atoms with Crippen LogP contribution in [0.15, 0.2) is 12.7 Å². The van der Waals surface area contributed by atoms with Crippen molar-refractivity contribution in [1.82, 2.24) is 0 Å². The second kappa shape index (κ2) is 5.39. The average Bonchev–Trinajstić information content (AvgIpc) is 2.52. The summed E-state index contributed by atoms with van der Waals surface area (Å²) in [5.41, 5.74) is 0. The van der Waals surface area contributed by atoms with E-state index in [-0.39, 0.29) is 22.3 Å². The Morgan fingerprint density at radius 1 is 1.60 bits per heavy atom. The highest BCUT2D eigenvalue weighted by atomic mass is 35.5. The Morgan fingerprint density at radius 2 is 2.27 bits per heavy atom. The second-order valence-corrected chi connectivity index (χ2v) is 4.44. The van der Waals surface area contributed by atoms with Crippen LogP contribution in [-0.2, 0) is 4.74 Å². The summed E-state index contributed by atoms with van der Waals surface area (Å²) in [5.74, 6) is -0.272. The summed E-state index contributed by atoms with van der Waals surface area (Å²) in [7, 11) is 1.28. The number of halogens is 2. The molecule has 0 fully saturated rings. The van der Waals surface area contributed by atoms with E-state index in [0.29, 0.717) is 4.34 Å². The van der Waals surface area contributed by atoms with Crippen molar-refractivity contribution < 1.29 is 14.3 Å². The quantitative estimate of drug-likeness (QED) is 0.619. The molecule has 0 saturated heterocycles. The highest BCUT2D eigenvalue weighted by Gasteiger charge is 2.22. The number of rotatable bonds is 4. The smallest absolute Gasteiger partial charge is 0.352 e. The standard InChI is InChI=1S/C9H8Cl2O3S/c1-3-4-14-6-5(10)8(11)15-7(6)9(12)13-2/h3H,1,4H2,2H3. The van der Waals surface area contributed by atoms with Gasteiger partial charge in [0.05, 0.1) is 7.11 Å². The van der Waals surface area contributed by atoms with Crippen LogP contribution in [0.1, 0.15) is 9.67 Å². The molecule has 82 valence electrons. The third-order valence-corrected chi connectivity index (χ3v) is 3.42. The first-order valence-corrected chi connectivity index (χ1v) is 5.48. The first-order chi connectivity index (χ1) is 7.11. The first kappa shape index (κ1) is 12.4. The van der Waals surface area contributed by atoms with Crippen molar-refractivity contribution in [1.29, 1.82) is 0 Å². The molecule has 1 heterocycles. The zero-order chi connectivity index (χ0) is 11.4. The zero-order valence-electron chi connectivity index (χ0n) is 7.88. The van der Waals surface area contributed by atoms with Crippen LogP contribution in [0.3, 0.4) is 0 Å². The van der Waals surface area contributed by atoms with Gasteiger partial charge in [-0.25, -0.2) is 4.79 Å². The molecule has 0 radical (unpaired) electrons. The molecule has 6 heteroatoms. The van der Waals surface area contributed by atoms with Gasteiger partial charge in [0.25, 0.3) is 0 Å². The minimum atomic E-state index is -0.520. The van der Waals surface area contributed by atoms with Gasteiger partial charge >= 0.3 is 5.97 Å². The molecule has 0 N–H and O–H groups in total. The molecule has 3 nitrogen and oxygen atoms in total. The third kappa shape index (κ3) is 2.65. The van der Waals surface area contributed by atoms with Crippen molar-refractivity contribution >= 4 is 40.5 Å². The van der Waals surface area contributed by atoms with E-state index in [0.717, 1.165) is 11.3 Å². The fourth-order valence-electron chi connectivity index (χ4n) is 0.868. The molecule has 0 bridgehead atoms. The maximum absolute atomic E-state index is 11.3. The number of ether oxygens (including phenoxy) is 2. The fraction of sp³-hybridized carbons (Fsp3) is 0.222. The van der Waals surface area contributed by atoms with Gasteiger partial charge < -0.3 is 9.47 Å². The monoisotopic (exact) mass is 266 g/mol. The van der Waals surface area contributed by atoms with Crippen LogP contribution in [0.4, 0.5) is 0 Å². The van der Waals surface area contributed by atoms with E-state index in [9.17, 15) is 4.79 Å². The molecule has 0 aliphatic heterocycles. The molecule has 1 aromatic heterocycles. The van der Waals surface area contributed by atoms with E-state index in [4.69, 9.17) is 27.9 Å². The zero-order valence-corrected chi connectivity index (χ0v) is 10.2. The summed E-state index contributed by atoms with van der Waals surface area (Å²) in [5, 5.41) is 0.226. The SMILES string of the molecule is C=CCOc1c(C(=O)OC)sc(Cl)c1Cl. The Labute approximate surface area is 101 Å². The Bertz CT molecular complexity index is 387. The molecular formula is C9H8Cl2O3S. The van der Waals surface area contributed by atoms with Crippen LogP contribution < -0.4 is 4.74 Å². The van der Waals surface area contributed by atoms with Crippen LogP contribution in [-0.4, -0.2) is 19.7 Å². The molecule has 0 saturated carbocycles. The molecular weight excluding hydrogens is 259 g/mol. The summed E-state index contributed by atoms with van der Waals surface area (Å²) in [4.78, 5) is 11.6. The Balaban J connectivity index is 3.08. The molecule has 0 atom stereocenters. The van der Waals surface area contributed by atoms with Gasteiger partial charge in [-0.1, -0.05) is 35.9 Å². The maximum atomic E-state index is 11.3. The number of methoxy groups -OCH3 is 1. The summed E-state index contributed by atoms with van der Waals surface area (Å²) in [6, 6.07) is 0. The van der Waals surface area contributed by atoms with Crippen LogP contribution in [0.25, 0.3) is 0 Å². The first-order valence-electron chi connectivity index (χ1n) is 3.91. The maximum Gasteiger partial charge on any atom is 0.352 e. The van der Waals surface area contributed by atoms with Crippen molar-refractivity contribution in [3.63, 3.8) is 0 Å². The lowest BCUT2D eigenvalue weighted by atomic mass is 10.4. The highest BCUT2D eigenvalue weighted by Crippen LogP contribution is 2.43. The van der Waals surface area contributed by atoms with E-state index in [2.05, 4.69) is 11.3 Å². The van der Waals surface area contributed by atoms with Crippen LogP contribution in [0.5, 0.6) is 5.75 Å². The minimum absolute atomic E-state index is 0.226. The molecule has 1 rings (SSSR count). The molecule has 0 unspecified atom stereocenters. The van der Waals surface area contributed by atoms with Gasteiger partial charge in [0.1, 0.15) is 16.0 Å². The number of carbonyl (C=O) groups is 1. The van der Waals surface area contributed by atoms with Crippen molar-refractivity contribution in [3.8, 4) is 5.75 Å². The molecule has 0 aromatic carbocycles. The van der Waals surface area contributed by atoms with E-state index >= 15 is 0 Å². The van der Waals surface area contributed by atoms with Gasteiger partial charge in [-0.05, 0) is 0 Å². The van der Waals surface area contributed by atoms with E-state index in [1.54, 1.807) is 6.08 Å². The number of hydrogen-bond acceptors (Lipinski definition) is 4. The molecule has 1 aromatic rings. The van der Waals surface area contributed by atoms with Gasteiger partial charge in [0, 0.05) is 0 Å². The molecule has 0 amide bonds. The van der Waals surface area contributed by atoms with Crippen molar-refractivity contribution in [3.05, 3.63) is 26.9 Å². The number of carbonyl (C=O) groups excluding carboxylic acids is 1. The summed E-state index contributed by atoms with van der Waals surface area (Å²) >= 11 is 12.7. The normalized spacial score (nSPS) is 9.80. The minimum Gasteiger partial charge on any atom is -0.486 e. The highest BCUT2D eigenvalue weighted by molar-refractivity contribution is 7.19. The lowest BCUT2D eigenvalue weighted by molar-refractivity contribution is 0.0602. The number of thiophene rings is 1. The summed E-state index contributed by atoms with van der Waals surface area (Å²) in [6.45, 7) is 3.74. The largest absolute Gasteiger partial charge is 0.486 e. The average molecular weight is 267 g/mol. The molecule has 0 aliphatic carbocycles. The lowest BCUT2D eigenvalue weighted by Gasteiger charge is -2.03. The number of esters is 1. The lowest BCUT2D eigenvalue weighted by Crippen LogP contribution is -2.02. The molecule has 15 heavy (non-hydrogen) atoms. The number of hydrogen-bond donors (Lipinski definition) is 0. The molecule has 0 spiro atoms. The predicted molar refractivity (Wildman–Crippen MR) is 61.4 cm³/mol. The van der Waals surface area contributed by atoms with Gasteiger partial charge in [-0.2, -0.15) is 0 Å². The topological polar surface area (TPSA) is 35.5 Å². The van der Waals surface area contributed by atoms with Gasteiger partial charge in [-0.3, -0.25) is 0 Å². The summed E-state index contributed by atoms with van der Waals surface area (Å²) in [6.07, 6.45) is 1.54. The predicted octanol–water partition coefficient (Wildman–Crippen LogP) is 3.41. The van der Waals surface area contributed by atoms with Crippen molar-refractivity contribution in [2.24, 2.45) is 0 Å². The Hall–Kier alpha value is -0.710. The Morgan fingerprint density at radius 3 is 2.80 bits per heavy atom. The van der Waals surface area contributed by atoms with Crippen LogP contribution >= 0.6 is 34.5 Å². The Kier molecular flexibility index (Phi) is 4.45.